The number of phenolic OH excluding ortho intramolecular Hbond substituents is 1. The van der Waals surface area contributed by atoms with Gasteiger partial charge in [0, 0.05) is 16.7 Å². The standard InChI is InChI=1S/C19H15N3O5/c23-14-3-1-2-13(8-14)15(24)11-4-6-12(7-5-11)16(25)22-9-19(10-22)17(26)20-18(27)21-19/h1-8,23H,9-10H2,(H2,20,21,26,27). The number of hydrogen-bond donors (Lipinski definition) is 3. The second-order valence-electron chi connectivity index (χ2n) is 6.61. The molecule has 2 saturated heterocycles. The average molecular weight is 365 g/mol. The lowest BCUT2D eigenvalue weighted by Gasteiger charge is -2.45. The van der Waals surface area contributed by atoms with Gasteiger partial charge in [-0.1, -0.05) is 24.3 Å². The number of rotatable bonds is 3. The van der Waals surface area contributed by atoms with Crippen LogP contribution >= 0.6 is 0 Å². The molecular formula is C19H15N3O5. The fourth-order valence-electron chi connectivity index (χ4n) is 3.26. The summed E-state index contributed by atoms with van der Waals surface area (Å²) in [5, 5.41) is 14.2. The summed E-state index contributed by atoms with van der Waals surface area (Å²) in [6.07, 6.45) is 0. The average Bonchev–Trinajstić information content (AvgIpc) is 2.93. The summed E-state index contributed by atoms with van der Waals surface area (Å²) in [6, 6.07) is 11.6. The lowest BCUT2D eigenvalue weighted by atomic mass is 9.89. The minimum absolute atomic E-state index is 0.00222. The van der Waals surface area contributed by atoms with Gasteiger partial charge in [0.25, 0.3) is 11.8 Å². The van der Waals surface area contributed by atoms with E-state index in [2.05, 4.69) is 10.6 Å². The van der Waals surface area contributed by atoms with Gasteiger partial charge in [0.05, 0.1) is 13.1 Å². The number of aromatic hydroxyl groups is 1. The van der Waals surface area contributed by atoms with Crippen molar-refractivity contribution >= 4 is 23.6 Å². The summed E-state index contributed by atoms with van der Waals surface area (Å²) >= 11 is 0. The molecule has 0 saturated carbocycles. The highest BCUT2D eigenvalue weighted by Gasteiger charge is 2.56. The fraction of sp³-hybridized carbons (Fsp3) is 0.158. The van der Waals surface area contributed by atoms with E-state index in [1.54, 1.807) is 24.3 Å². The summed E-state index contributed by atoms with van der Waals surface area (Å²) in [5.74, 6) is -0.977. The van der Waals surface area contributed by atoms with Crippen molar-refractivity contribution in [2.45, 2.75) is 5.54 Å². The number of nitrogens with zero attached hydrogens (tertiary/aromatic N) is 1. The molecule has 4 amide bonds. The van der Waals surface area contributed by atoms with Crippen LogP contribution < -0.4 is 10.6 Å². The molecule has 0 radical (unpaired) electrons. The Morgan fingerprint density at radius 3 is 2.22 bits per heavy atom. The SMILES string of the molecule is O=C1NC(=O)C2(CN(C(=O)c3ccc(C(=O)c4cccc(O)c4)cc3)C2)N1. The van der Waals surface area contributed by atoms with E-state index in [0.717, 1.165) is 0 Å². The third kappa shape index (κ3) is 2.80. The molecule has 2 aliphatic rings. The van der Waals surface area contributed by atoms with Crippen molar-refractivity contribution < 1.29 is 24.3 Å². The predicted molar refractivity (Wildman–Crippen MR) is 93.3 cm³/mol. The maximum absolute atomic E-state index is 12.5. The highest BCUT2D eigenvalue weighted by atomic mass is 16.3. The number of nitrogens with one attached hydrogen (secondary N) is 2. The molecular weight excluding hydrogens is 350 g/mol. The Kier molecular flexibility index (Phi) is 3.69. The van der Waals surface area contributed by atoms with E-state index < -0.39 is 17.5 Å². The number of hydrogen-bond acceptors (Lipinski definition) is 5. The smallest absolute Gasteiger partial charge is 0.322 e. The molecule has 0 bridgehead atoms. The number of likely N-dealkylation sites (tertiary alicyclic amines) is 1. The van der Waals surface area contributed by atoms with E-state index in [1.807, 2.05) is 0 Å². The lowest BCUT2D eigenvalue weighted by molar-refractivity contribution is -0.128. The second-order valence-corrected chi connectivity index (χ2v) is 6.61. The Morgan fingerprint density at radius 1 is 0.963 bits per heavy atom. The second kappa shape index (κ2) is 5.94. The maximum atomic E-state index is 12.5. The van der Waals surface area contributed by atoms with Crippen molar-refractivity contribution in [3.63, 3.8) is 0 Å². The number of amides is 4. The van der Waals surface area contributed by atoms with Crippen LogP contribution in [0, 0.1) is 0 Å². The first kappa shape index (κ1) is 16.8. The van der Waals surface area contributed by atoms with Crippen molar-refractivity contribution in [2.75, 3.05) is 13.1 Å². The molecule has 2 heterocycles. The third-order valence-electron chi connectivity index (χ3n) is 4.73. The zero-order valence-corrected chi connectivity index (χ0v) is 14.1. The summed E-state index contributed by atoms with van der Waals surface area (Å²) in [4.78, 5) is 49.4. The third-order valence-corrected chi connectivity index (χ3v) is 4.73. The van der Waals surface area contributed by atoms with Gasteiger partial charge >= 0.3 is 6.03 Å². The molecule has 2 aromatic rings. The Bertz CT molecular complexity index is 977. The van der Waals surface area contributed by atoms with Gasteiger partial charge in [-0.2, -0.15) is 0 Å². The van der Waals surface area contributed by atoms with E-state index in [9.17, 15) is 24.3 Å². The van der Waals surface area contributed by atoms with Gasteiger partial charge < -0.3 is 15.3 Å². The zero-order chi connectivity index (χ0) is 19.2. The Labute approximate surface area is 153 Å². The minimum Gasteiger partial charge on any atom is -0.508 e. The number of benzene rings is 2. The Hall–Kier alpha value is -3.68. The molecule has 0 aromatic heterocycles. The van der Waals surface area contributed by atoms with E-state index in [1.165, 1.54) is 29.2 Å². The van der Waals surface area contributed by atoms with Crippen LogP contribution in [0.3, 0.4) is 0 Å². The van der Waals surface area contributed by atoms with E-state index in [4.69, 9.17) is 0 Å². The Balaban J connectivity index is 1.45. The van der Waals surface area contributed by atoms with Crippen LogP contribution in [0.5, 0.6) is 5.75 Å². The molecule has 2 aliphatic heterocycles. The molecule has 0 unspecified atom stereocenters. The molecule has 3 N–H and O–H groups in total. The lowest BCUT2D eigenvalue weighted by Crippen LogP contribution is -2.71. The molecule has 4 rings (SSSR count). The van der Waals surface area contributed by atoms with Crippen molar-refractivity contribution in [2.24, 2.45) is 0 Å². The normalized spacial score (nSPS) is 17.3. The topological polar surface area (TPSA) is 116 Å². The van der Waals surface area contributed by atoms with Crippen molar-refractivity contribution in [1.82, 2.24) is 15.5 Å². The van der Waals surface area contributed by atoms with Gasteiger partial charge in [-0.05, 0) is 24.3 Å². The first-order valence-corrected chi connectivity index (χ1v) is 8.25. The van der Waals surface area contributed by atoms with Crippen LogP contribution in [0.2, 0.25) is 0 Å². The molecule has 0 aliphatic carbocycles. The van der Waals surface area contributed by atoms with Crippen molar-refractivity contribution in [1.29, 1.82) is 0 Å². The van der Waals surface area contributed by atoms with Crippen LogP contribution in [0.4, 0.5) is 4.79 Å². The number of imide groups is 1. The summed E-state index contributed by atoms with van der Waals surface area (Å²) in [6.45, 7) is 0.209. The molecule has 8 nitrogen and oxygen atoms in total. The first-order valence-electron chi connectivity index (χ1n) is 8.25. The van der Waals surface area contributed by atoms with Gasteiger partial charge in [0.1, 0.15) is 5.75 Å². The molecule has 8 heteroatoms. The molecule has 2 fully saturated rings. The Morgan fingerprint density at radius 2 is 1.63 bits per heavy atom. The minimum atomic E-state index is -1.03. The van der Waals surface area contributed by atoms with Crippen LogP contribution in [0.25, 0.3) is 0 Å². The molecule has 27 heavy (non-hydrogen) atoms. The highest BCUT2D eigenvalue weighted by Crippen LogP contribution is 2.26. The van der Waals surface area contributed by atoms with Gasteiger partial charge in [0.15, 0.2) is 11.3 Å². The van der Waals surface area contributed by atoms with Gasteiger partial charge in [-0.15, -0.1) is 0 Å². The van der Waals surface area contributed by atoms with Crippen molar-refractivity contribution in [3.8, 4) is 5.75 Å². The van der Waals surface area contributed by atoms with E-state index in [0.29, 0.717) is 16.7 Å². The van der Waals surface area contributed by atoms with Crippen molar-refractivity contribution in [3.05, 3.63) is 65.2 Å². The van der Waals surface area contributed by atoms with Gasteiger partial charge in [0.2, 0.25) is 0 Å². The first-order chi connectivity index (χ1) is 12.9. The van der Waals surface area contributed by atoms with Crippen LogP contribution in [-0.2, 0) is 4.79 Å². The summed E-state index contributed by atoms with van der Waals surface area (Å²) < 4.78 is 0. The van der Waals surface area contributed by atoms with E-state index in [-0.39, 0.29) is 30.5 Å². The maximum Gasteiger partial charge on any atom is 0.322 e. The fourth-order valence-corrected chi connectivity index (χ4v) is 3.26. The van der Waals surface area contributed by atoms with E-state index >= 15 is 0 Å². The zero-order valence-electron chi connectivity index (χ0n) is 14.1. The predicted octanol–water partition coefficient (Wildman–Crippen LogP) is 0.657. The highest BCUT2D eigenvalue weighted by molar-refractivity contribution is 6.10. The monoisotopic (exact) mass is 365 g/mol. The van der Waals surface area contributed by atoms with Gasteiger partial charge in [-0.3, -0.25) is 19.7 Å². The molecule has 0 atom stereocenters. The largest absolute Gasteiger partial charge is 0.508 e. The van der Waals surface area contributed by atoms with Crippen LogP contribution in [-0.4, -0.2) is 52.3 Å². The van der Waals surface area contributed by atoms with Crippen LogP contribution in [0.1, 0.15) is 26.3 Å². The number of carbonyl (C=O) groups is 4. The summed E-state index contributed by atoms with van der Waals surface area (Å²) in [7, 11) is 0. The number of carbonyl (C=O) groups excluding carboxylic acids is 4. The quantitative estimate of drug-likeness (QED) is 0.546. The molecule has 136 valence electrons. The molecule has 1 spiro atoms. The number of phenols is 1. The van der Waals surface area contributed by atoms with Gasteiger partial charge in [-0.25, -0.2) is 4.79 Å². The summed E-state index contributed by atoms with van der Waals surface area (Å²) in [5.41, 5.74) is 0.0845. The van der Waals surface area contributed by atoms with Crippen LogP contribution in [0.15, 0.2) is 48.5 Å². The number of urea groups is 1. The molecule has 2 aromatic carbocycles. The number of ketones is 1.